The summed E-state index contributed by atoms with van der Waals surface area (Å²) in [5.41, 5.74) is 8.29. The summed E-state index contributed by atoms with van der Waals surface area (Å²) in [5.74, 6) is -0.571. The molecule has 107 valence electrons. The topological polar surface area (TPSA) is 72.1 Å². The van der Waals surface area contributed by atoms with E-state index in [-0.39, 0.29) is 5.82 Å². The molecule has 0 fully saturated rings. The first kappa shape index (κ1) is 14.2. The van der Waals surface area contributed by atoms with Crippen molar-refractivity contribution in [3.05, 3.63) is 57.6 Å². The lowest BCUT2D eigenvalue weighted by atomic mass is 10.1. The van der Waals surface area contributed by atoms with Crippen LogP contribution in [0.15, 0.2) is 28.7 Å². The second-order valence-corrected chi connectivity index (χ2v) is 5.95. The molecule has 3 rings (SSSR count). The summed E-state index contributed by atoms with van der Waals surface area (Å²) in [6, 6.07) is 8.27. The predicted octanol–water partition coefficient (Wildman–Crippen LogP) is 1.70. The SMILES string of the molecule is NC(=O)c1n[c]c2c(n1)CN(Cc1ccc(Br)cc1)CC2. The molecule has 21 heavy (non-hydrogen) atoms. The van der Waals surface area contributed by atoms with Crippen molar-refractivity contribution < 1.29 is 4.79 Å². The van der Waals surface area contributed by atoms with Crippen LogP contribution in [-0.4, -0.2) is 27.3 Å². The fraction of sp³-hybridized carbons (Fsp3) is 0.267. The summed E-state index contributed by atoms with van der Waals surface area (Å²) >= 11 is 3.44. The highest BCUT2D eigenvalue weighted by atomic mass is 79.9. The Bertz CT molecular complexity index is 672. The molecule has 2 heterocycles. The first-order valence-electron chi connectivity index (χ1n) is 6.66. The van der Waals surface area contributed by atoms with Crippen molar-refractivity contribution >= 4 is 21.8 Å². The van der Waals surface area contributed by atoms with Gasteiger partial charge in [0.15, 0.2) is 0 Å². The second-order valence-electron chi connectivity index (χ2n) is 5.04. The molecular formula is C15H14BrN4O. The minimum absolute atomic E-state index is 0.0410. The lowest BCUT2D eigenvalue weighted by Crippen LogP contribution is -2.32. The molecule has 1 radical (unpaired) electrons. The fourth-order valence-electron chi connectivity index (χ4n) is 2.39. The molecule has 0 unspecified atom stereocenters. The third-order valence-electron chi connectivity index (χ3n) is 3.48. The Morgan fingerprint density at radius 3 is 2.86 bits per heavy atom. The van der Waals surface area contributed by atoms with E-state index in [1.54, 1.807) is 0 Å². The number of rotatable bonds is 3. The lowest BCUT2D eigenvalue weighted by Gasteiger charge is -2.27. The summed E-state index contributed by atoms with van der Waals surface area (Å²) < 4.78 is 1.07. The van der Waals surface area contributed by atoms with Crippen LogP contribution < -0.4 is 5.73 Å². The first-order valence-corrected chi connectivity index (χ1v) is 7.45. The number of hydrogen-bond acceptors (Lipinski definition) is 4. The molecule has 0 aliphatic carbocycles. The smallest absolute Gasteiger partial charge is 0.286 e. The molecule has 0 bridgehead atoms. The van der Waals surface area contributed by atoms with Crippen LogP contribution in [0.2, 0.25) is 0 Å². The predicted molar refractivity (Wildman–Crippen MR) is 81.3 cm³/mol. The van der Waals surface area contributed by atoms with Gasteiger partial charge in [-0.2, -0.15) is 0 Å². The summed E-state index contributed by atoms with van der Waals surface area (Å²) in [6.07, 6.45) is 3.72. The maximum atomic E-state index is 11.2. The Hall–Kier alpha value is -1.79. The maximum Gasteiger partial charge on any atom is 0.286 e. The molecule has 1 aromatic carbocycles. The number of fused-ring (bicyclic) bond motifs is 1. The Morgan fingerprint density at radius 1 is 1.38 bits per heavy atom. The average molecular weight is 346 g/mol. The van der Waals surface area contributed by atoms with E-state index < -0.39 is 5.91 Å². The van der Waals surface area contributed by atoms with E-state index in [0.29, 0.717) is 6.54 Å². The molecule has 6 heteroatoms. The molecule has 0 saturated carbocycles. The van der Waals surface area contributed by atoms with Crippen molar-refractivity contribution in [2.75, 3.05) is 6.54 Å². The van der Waals surface area contributed by atoms with Crippen LogP contribution in [0, 0.1) is 6.20 Å². The lowest BCUT2D eigenvalue weighted by molar-refractivity contribution is 0.0989. The molecule has 5 nitrogen and oxygen atoms in total. The van der Waals surface area contributed by atoms with Gasteiger partial charge in [-0.15, -0.1) is 0 Å². The van der Waals surface area contributed by atoms with E-state index in [1.807, 2.05) is 12.1 Å². The highest BCUT2D eigenvalue weighted by Crippen LogP contribution is 2.19. The van der Waals surface area contributed by atoms with Gasteiger partial charge in [0.1, 0.15) is 0 Å². The largest absolute Gasteiger partial charge is 0.363 e. The van der Waals surface area contributed by atoms with E-state index in [1.165, 1.54) is 5.56 Å². The van der Waals surface area contributed by atoms with Gasteiger partial charge >= 0.3 is 0 Å². The van der Waals surface area contributed by atoms with E-state index in [9.17, 15) is 4.79 Å². The van der Waals surface area contributed by atoms with Crippen molar-refractivity contribution in [1.29, 1.82) is 0 Å². The summed E-state index contributed by atoms with van der Waals surface area (Å²) in [7, 11) is 0. The van der Waals surface area contributed by atoms with Gasteiger partial charge in [0.05, 0.1) is 11.9 Å². The molecule has 2 N–H and O–H groups in total. The Morgan fingerprint density at radius 2 is 2.14 bits per heavy atom. The van der Waals surface area contributed by atoms with E-state index in [4.69, 9.17) is 5.73 Å². The third-order valence-corrected chi connectivity index (χ3v) is 4.01. The highest BCUT2D eigenvalue weighted by Gasteiger charge is 2.20. The van der Waals surface area contributed by atoms with Crippen molar-refractivity contribution in [1.82, 2.24) is 14.9 Å². The quantitative estimate of drug-likeness (QED) is 0.918. The molecule has 2 aromatic rings. The Labute approximate surface area is 131 Å². The number of aromatic nitrogens is 2. The van der Waals surface area contributed by atoms with Gasteiger partial charge < -0.3 is 5.73 Å². The number of amides is 1. The number of primary amides is 1. The number of hydrogen-bond donors (Lipinski definition) is 1. The average Bonchev–Trinajstić information content (AvgIpc) is 2.49. The van der Waals surface area contributed by atoms with Gasteiger partial charge in [0.25, 0.3) is 5.91 Å². The summed E-state index contributed by atoms with van der Waals surface area (Å²) in [4.78, 5) is 21.6. The van der Waals surface area contributed by atoms with Gasteiger partial charge in [0, 0.05) is 29.7 Å². The summed E-state index contributed by atoms with van der Waals surface area (Å²) in [5, 5.41) is 0. The van der Waals surface area contributed by atoms with Crippen molar-refractivity contribution in [2.45, 2.75) is 19.5 Å². The molecule has 1 amide bonds. The van der Waals surface area contributed by atoms with E-state index in [2.05, 4.69) is 49.1 Å². The van der Waals surface area contributed by atoms with Crippen LogP contribution in [0.1, 0.15) is 27.4 Å². The van der Waals surface area contributed by atoms with Crippen LogP contribution in [0.5, 0.6) is 0 Å². The highest BCUT2D eigenvalue weighted by molar-refractivity contribution is 9.10. The van der Waals surface area contributed by atoms with Gasteiger partial charge in [-0.3, -0.25) is 9.69 Å². The van der Waals surface area contributed by atoms with Crippen LogP contribution in [0.25, 0.3) is 0 Å². The van der Waals surface area contributed by atoms with Crippen LogP contribution in [0.3, 0.4) is 0 Å². The zero-order chi connectivity index (χ0) is 14.8. The van der Waals surface area contributed by atoms with E-state index >= 15 is 0 Å². The van der Waals surface area contributed by atoms with E-state index in [0.717, 1.165) is 35.2 Å². The van der Waals surface area contributed by atoms with Crippen LogP contribution in [0.4, 0.5) is 0 Å². The zero-order valence-corrected chi connectivity index (χ0v) is 12.9. The molecular weight excluding hydrogens is 332 g/mol. The molecule has 1 aliphatic heterocycles. The van der Waals surface area contributed by atoms with Gasteiger partial charge in [0.2, 0.25) is 5.82 Å². The minimum Gasteiger partial charge on any atom is -0.363 e. The van der Waals surface area contributed by atoms with Crippen LogP contribution in [-0.2, 0) is 19.5 Å². The molecule has 0 atom stereocenters. The monoisotopic (exact) mass is 345 g/mol. The Kier molecular flexibility index (Phi) is 3.98. The molecule has 0 spiro atoms. The van der Waals surface area contributed by atoms with Gasteiger partial charge in [-0.25, -0.2) is 9.97 Å². The standard InChI is InChI=1S/C15H14BrN4O/c16-12-3-1-10(2-4-12)8-20-6-5-11-7-18-15(14(17)21)19-13(11)9-20/h1-4H,5-6,8-9H2,(H2,17,21). The number of halogens is 1. The van der Waals surface area contributed by atoms with Gasteiger partial charge in [-0.05, 0) is 24.1 Å². The minimum atomic E-state index is -0.612. The molecule has 0 saturated heterocycles. The number of nitrogens with zero attached hydrogens (tertiary/aromatic N) is 3. The Balaban J connectivity index is 1.75. The van der Waals surface area contributed by atoms with Crippen LogP contribution >= 0.6 is 15.9 Å². The third kappa shape index (κ3) is 3.28. The maximum absolute atomic E-state index is 11.2. The number of nitrogens with two attached hydrogens (primary N) is 1. The van der Waals surface area contributed by atoms with Crippen molar-refractivity contribution in [3.8, 4) is 0 Å². The number of carbonyl (C=O) groups excluding carboxylic acids is 1. The summed E-state index contributed by atoms with van der Waals surface area (Å²) in [6.45, 7) is 2.46. The molecule has 1 aliphatic rings. The number of carbonyl (C=O) groups is 1. The van der Waals surface area contributed by atoms with Crippen molar-refractivity contribution in [2.24, 2.45) is 5.73 Å². The van der Waals surface area contributed by atoms with Crippen molar-refractivity contribution in [3.63, 3.8) is 0 Å². The molecule has 1 aromatic heterocycles. The van der Waals surface area contributed by atoms with Gasteiger partial charge in [-0.1, -0.05) is 28.1 Å². The second kappa shape index (κ2) is 5.91. The first-order chi connectivity index (χ1) is 10.1. The normalized spacial score (nSPS) is 14.7. The number of benzene rings is 1. The zero-order valence-electron chi connectivity index (χ0n) is 11.3. The fourth-order valence-corrected chi connectivity index (χ4v) is 2.65.